The summed E-state index contributed by atoms with van der Waals surface area (Å²) in [4.78, 5) is 23.0. The SMILES string of the molecule is CC[C@@H]1CN(C(=O)CCc2c(C)nc3ncnn3c2C)CCO1. The van der Waals surface area contributed by atoms with Gasteiger partial charge in [0.25, 0.3) is 5.78 Å². The molecule has 0 spiro atoms. The zero-order chi connectivity index (χ0) is 16.4. The molecule has 0 radical (unpaired) electrons. The van der Waals surface area contributed by atoms with E-state index in [0.29, 0.717) is 38.3 Å². The molecular weight excluding hydrogens is 294 g/mol. The van der Waals surface area contributed by atoms with Crippen molar-refractivity contribution in [3.63, 3.8) is 0 Å². The number of morpholine rings is 1. The van der Waals surface area contributed by atoms with Crippen molar-refractivity contribution in [2.75, 3.05) is 19.7 Å². The highest BCUT2D eigenvalue weighted by molar-refractivity contribution is 5.76. The Bertz CT molecular complexity index is 712. The summed E-state index contributed by atoms with van der Waals surface area (Å²) in [5.74, 6) is 0.790. The molecule has 1 aliphatic heterocycles. The van der Waals surface area contributed by atoms with Gasteiger partial charge in [0, 0.05) is 30.9 Å². The third-order valence-corrected chi connectivity index (χ3v) is 4.52. The quantitative estimate of drug-likeness (QED) is 0.850. The molecule has 0 unspecified atom stereocenters. The van der Waals surface area contributed by atoms with Crippen molar-refractivity contribution < 1.29 is 9.53 Å². The van der Waals surface area contributed by atoms with E-state index in [0.717, 1.165) is 23.4 Å². The Morgan fingerprint density at radius 1 is 1.43 bits per heavy atom. The van der Waals surface area contributed by atoms with E-state index >= 15 is 0 Å². The third-order valence-electron chi connectivity index (χ3n) is 4.52. The summed E-state index contributed by atoms with van der Waals surface area (Å²) in [6, 6.07) is 0. The predicted octanol–water partition coefficient (Wildman–Crippen LogP) is 1.31. The summed E-state index contributed by atoms with van der Waals surface area (Å²) in [5, 5.41) is 4.19. The molecule has 1 fully saturated rings. The normalized spacial score (nSPS) is 18.6. The van der Waals surface area contributed by atoms with E-state index in [1.165, 1.54) is 6.33 Å². The fourth-order valence-electron chi connectivity index (χ4n) is 3.10. The van der Waals surface area contributed by atoms with Gasteiger partial charge in [-0.05, 0) is 32.3 Å². The zero-order valence-electron chi connectivity index (χ0n) is 13.9. The molecule has 2 aromatic rings. The molecule has 0 aromatic carbocycles. The van der Waals surface area contributed by atoms with Crippen LogP contribution in [0, 0.1) is 13.8 Å². The number of aromatic nitrogens is 4. The second kappa shape index (κ2) is 6.62. The van der Waals surface area contributed by atoms with Gasteiger partial charge in [0.1, 0.15) is 6.33 Å². The van der Waals surface area contributed by atoms with Gasteiger partial charge < -0.3 is 9.64 Å². The third kappa shape index (κ3) is 3.19. The molecule has 3 heterocycles. The maximum atomic E-state index is 12.5. The van der Waals surface area contributed by atoms with Crippen molar-refractivity contribution in [2.24, 2.45) is 0 Å². The lowest BCUT2D eigenvalue weighted by Gasteiger charge is -2.32. The Morgan fingerprint density at radius 2 is 2.26 bits per heavy atom. The van der Waals surface area contributed by atoms with Crippen LogP contribution in [0.5, 0.6) is 0 Å². The highest BCUT2D eigenvalue weighted by Crippen LogP contribution is 2.16. The highest BCUT2D eigenvalue weighted by Gasteiger charge is 2.23. The molecule has 2 aromatic heterocycles. The lowest BCUT2D eigenvalue weighted by atomic mass is 10.1. The first kappa shape index (κ1) is 15.9. The van der Waals surface area contributed by atoms with Gasteiger partial charge in [-0.1, -0.05) is 6.92 Å². The van der Waals surface area contributed by atoms with E-state index in [1.807, 2.05) is 18.7 Å². The first-order valence-electron chi connectivity index (χ1n) is 8.15. The van der Waals surface area contributed by atoms with Gasteiger partial charge in [-0.15, -0.1) is 0 Å². The average molecular weight is 317 g/mol. The summed E-state index contributed by atoms with van der Waals surface area (Å²) >= 11 is 0. The highest BCUT2D eigenvalue weighted by atomic mass is 16.5. The molecule has 0 N–H and O–H groups in total. The topological polar surface area (TPSA) is 72.6 Å². The molecule has 7 nitrogen and oxygen atoms in total. The Balaban J connectivity index is 1.69. The second-order valence-electron chi connectivity index (χ2n) is 5.97. The number of amides is 1. The van der Waals surface area contributed by atoms with Crippen LogP contribution in [0.1, 0.15) is 36.7 Å². The van der Waals surface area contributed by atoms with E-state index in [1.54, 1.807) is 4.52 Å². The molecule has 23 heavy (non-hydrogen) atoms. The second-order valence-corrected chi connectivity index (χ2v) is 5.97. The van der Waals surface area contributed by atoms with Crippen LogP contribution in [0.25, 0.3) is 5.78 Å². The van der Waals surface area contributed by atoms with E-state index in [9.17, 15) is 4.79 Å². The van der Waals surface area contributed by atoms with Crippen molar-refractivity contribution in [3.05, 3.63) is 23.3 Å². The van der Waals surface area contributed by atoms with Crippen LogP contribution in [0.4, 0.5) is 0 Å². The molecule has 1 amide bonds. The number of hydrogen-bond acceptors (Lipinski definition) is 5. The van der Waals surface area contributed by atoms with Gasteiger partial charge in [0.15, 0.2) is 0 Å². The maximum absolute atomic E-state index is 12.5. The molecule has 1 saturated heterocycles. The predicted molar refractivity (Wildman–Crippen MR) is 85.2 cm³/mol. The molecule has 0 saturated carbocycles. The van der Waals surface area contributed by atoms with Gasteiger partial charge in [-0.2, -0.15) is 10.1 Å². The molecule has 1 atom stereocenters. The lowest BCUT2D eigenvalue weighted by molar-refractivity contribution is -0.138. The molecule has 7 heteroatoms. The first-order chi connectivity index (χ1) is 11.1. The van der Waals surface area contributed by atoms with E-state index in [4.69, 9.17) is 4.74 Å². The number of fused-ring (bicyclic) bond motifs is 1. The number of hydrogen-bond donors (Lipinski definition) is 0. The summed E-state index contributed by atoms with van der Waals surface area (Å²) in [7, 11) is 0. The average Bonchev–Trinajstić information content (AvgIpc) is 3.03. The number of carbonyl (C=O) groups is 1. The van der Waals surface area contributed by atoms with Crippen LogP contribution in [0.2, 0.25) is 0 Å². The number of nitrogens with zero attached hydrogens (tertiary/aromatic N) is 5. The number of rotatable bonds is 4. The molecule has 0 bridgehead atoms. The van der Waals surface area contributed by atoms with E-state index in [2.05, 4.69) is 22.0 Å². The Labute approximate surface area is 135 Å². The van der Waals surface area contributed by atoms with Gasteiger partial charge >= 0.3 is 0 Å². The minimum atomic E-state index is 0.171. The minimum absolute atomic E-state index is 0.171. The van der Waals surface area contributed by atoms with Crippen molar-refractivity contribution in [1.82, 2.24) is 24.5 Å². The molecule has 3 rings (SSSR count). The Hall–Kier alpha value is -2.02. The molecule has 1 aliphatic rings. The monoisotopic (exact) mass is 317 g/mol. The Morgan fingerprint density at radius 3 is 3.04 bits per heavy atom. The fourth-order valence-corrected chi connectivity index (χ4v) is 3.10. The van der Waals surface area contributed by atoms with Crippen LogP contribution in [0.3, 0.4) is 0 Å². The van der Waals surface area contributed by atoms with Gasteiger partial charge in [-0.25, -0.2) is 9.50 Å². The summed E-state index contributed by atoms with van der Waals surface area (Å²) < 4.78 is 7.36. The van der Waals surface area contributed by atoms with Crippen molar-refractivity contribution >= 4 is 11.7 Å². The molecule has 124 valence electrons. The lowest BCUT2D eigenvalue weighted by Crippen LogP contribution is -2.45. The Kier molecular flexibility index (Phi) is 4.56. The summed E-state index contributed by atoms with van der Waals surface area (Å²) in [5.41, 5.74) is 3.01. The van der Waals surface area contributed by atoms with Crippen LogP contribution >= 0.6 is 0 Å². The van der Waals surface area contributed by atoms with E-state index < -0.39 is 0 Å². The van der Waals surface area contributed by atoms with Crippen molar-refractivity contribution in [1.29, 1.82) is 0 Å². The number of ether oxygens (including phenoxy) is 1. The van der Waals surface area contributed by atoms with Crippen LogP contribution < -0.4 is 0 Å². The summed E-state index contributed by atoms with van der Waals surface area (Å²) in [6.07, 6.45) is 3.77. The number of carbonyl (C=O) groups excluding carboxylic acids is 1. The van der Waals surface area contributed by atoms with E-state index in [-0.39, 0.29) is 12.0 Å². The van der Waals surface area contributed by atoms with Crippen LogP contribution in [-0.4, -0.2) is 56.2 Å². The summed E-state index contributed by atoms with van der Waals surface area (Å²) in [6.45, 7) is 8.07. The fraction of sp³-hybridized carbons (Fsp3) is 0.625. The van der Waals surface area contributed by atoms with Gasteiger partial charge in [0.2, 0.25) is 5.91 Å². The van der Waals surface area contributed by atoms with Crippen molar-refractivity contribution in [2.45, 2.75) is 46.1 Å². The number of aryl methyl sites for hydroxylation is 2. The van der Waals surface area contributed by atoms with Crippen molar-refractivity contribution in [3.8, 4) is 0 Å². The zero-order valence-corrected chi connectivity index (χ0v) is 13.9. The van der Waals surface area contributed by atoms with Gasteiger partial charge in [0.05, 0.1) is 12.7 Å². The standard InChI is InChI=1S/C16H23N5O2/c1-4-13-9-20(7-8-23-13)15(22)6-5-14-11(2)19-16-17-10-18-21(16)12(14)3/h10,13H,4-9H2,1-3H3/t13-/m1/s1. The first-order valence-corrected chi connectivity index (χ1v) is 8.15. The van der Waals surface area contributed by atoms with Crippen LogP contribution in [0.15, 0.2) is 6.33 Å². The largest absolute Gasteiger partial charge is 0.375 e. The minimum Gasteiger partial charge on any atom is -0.375 e. The van der Waals surface area contributed by atoms with Gasteiger partial charge in [-0.3, -0.25) is 4.79 Å². The molecular formula is C16H23N5O2. The smallest absolute Gasteiger partial charge is 0.252 e. The molecule has 0 aliphatic carbocycles. The maximum Gasteiger partial charge on any atom is 0.252 e. The van der Waals surface area contributed by atoms with Crippen LogP contribution in [-0.2, 0) is 16.0 Å².